The highest BCUT2D eigenvalue weighted by Crippen LogP contribution is 2.29. The van der Waals surface area contributed by atoms with E-state index in [2.05, 4.69) is 4.98 Å². The molecule has 0 atom stereocenters. The van der Waals surface area contributed by atoms with Gasteiger partial charge in [-0.05, 0) is 36.4 Å². The van der Waals surface area contributed by atoms with Crippen LogP contribution in [0.1, 0.15) is 16.2 Å². The molecular weight excluding hydrogens is 348 g/mol. The number of aromatic nitrogens is 2. The van der Waals surface area contributed by atoms with E-state index in [9.17, 15) is 9.59 Å². The van der Waals surface area contributed by atoms with Crippen LogP contribution < -0.4 is 5.56 Å². The molecule has 2 aromatic carbocycles. The third kappa shape index (κ3) is 2.26. The van der Waals surface area contributed by atoms with E-state index in [1.807, 2.05) is 6.07 Å². The molecule has 0 spiro atoms. The van der Waals surface area contributed by atoms with E-state index in [0.717, 1.165) is 4.90 Å². The molecule has 0 bridgehead atoms. The van der Waals surface area contributed by atoms with Gasteiger partial charge >= 0.3 is 0 Å². The van der Waals surface area contributed by atoms with Crippen LogP contribution in [0.15, 0.2) is 46.1 Å². The highest BCUT2D eigenvalue weighted by atomic mass is 35.5. The molecule has 1 N–H and O–H groups in total. The van der Waals surface area contributed by atoms with Gasteiger partial charge in [0.1, 0.15) is 0 Å². The zero-order valence-electron chi connectivity index (χ0n) is 12.3. The van der Waals surface area contributed by atoms with Gasteiger partial charge in [-0.1, -0.05) is 11.6 Å². The average Bonchev–Trinajstić information content (AvgIpc) is 2.85. The Bertz CT molecular complexity index is 1060. The summed E-state index contributed by atoms with van der Waals surface area (Å²) in [6, 6.07) is 10.1. The number of carbonyl (C=O) groups is 1. The first kappa shape index (κ1) is 15.4. The molecule has 24 heavy (non-hydrogen) atoms. The van der Waals surface area contributed by atoms with E-state index in [-0.39, 0.29) is 23.8 Å². The molecule has 1 aliphatic rings. The van der Waals surface area contributed by atoms with Crippen LogP contribution in [-0.4, -0.2) is 32.8 Å². The lowest BCUT2D eigenvalue weighted by atomic mass is 10.1. The summed E-state index contributed by atoms with van der Waals surface area (Å²) in [7, 11) is 0. The molecule has 2 heterocycles. The van der Waals surface area contributed by atoms with Crippen LogP contribution in [0, 0.1) is 0 Å². The van der Waals surface area contributed by atoms with Crippen molar-refractivity contribution in [1.29, 1.82) is 0 Å². The molecule has 4 rings (SSSR count). The second kappa shape index (κ2) is 5.73. The van der Waals surface area contributed by atoms with Crippen LogP contribution >= 0.6 is 23.4 Å². The Labute approximate surface area is 145 Å². The summed E-state index contributed by atoms with van der Waals surface area (Å²) in [6.45, 7) is 0.0670. The van der Waals surface area contributed by atoms with Crippen molar-refractivity contribution in [2.75, 3.05) is 12.4 Å². The first-order valence-corrected chi connectivity index (χ1v) is 8.61. The lowest BCUT2D eigenvalue weighted by Crippen LogP contribution is -2.21. The molecular formula is C17H11ClN2O3S. The van der Waals surface area contributed by atoms with Gasteiger partial charge in [-0.2, -0.15) is 0 Å². The van der Waals surface area contributed by atoms with Crippen molar-refractivity contribution in [3.8, 4) is 5.69 Å². The monoisotopic (exact) mass is 358 g/mol. The third-order valence-electron chi connectivity index (χ3n) is 3.85. The normalized spacial score (nSPS) is 12.5. The van der Waals surface area contributed by atoms with Gasteiger partial charge in [0.15, 0.2) is 5.82 Å². The molecule has 1 aromatic heterocycles. The number of benzene rings is 2. The van der Waals surface area contributed by atoms with Crippen LogP contribution in [0.3, 0.4) is 0 Å². The summed E-state index contributed by atoms with van der Waals surface area (Å²) in [6.07, 6.45) is 0. The van der Waals surface area contributed by atoms with Gasteiger partial charge in [0.2, 0.25) is 5.78 Å². The van der Waals surface area contributed by atoms with E-state index >= 15 is 0 Å². The second-order valence-corrected chi connectivity index (χ2v) is 6.92. The highest BCUT2D eigenvalue weighted by Gasteiger charge is 2.30. The number of carbonyl (C=O) groups excluding carboxylic acids is 1. The molecule has 1 aliphatic heterocycles. The molecule has 0 unspecified atom stereocenters. The Morgan fingerprint density at radius 2 is 2.00 bits per heavy atom. The molecule has 3 aromatic rings. The number of hydrogen-bond donors (Lipinski definition) is 1. The van der Waals surface area contributed by atoms with E-state index in [4.69, 9.17) is 16.7 Å². The van der Waals surface area contributed by atoms with Crippen LogP contribution in [-0.2, 0) is 0 Å². The maximum absolute atomic E-state index is 12.8. The molecule has 0 amide bonds. The van der Waals surface area contributed by atoms with Crippen molar-refractivity contribution in [3.63, 3.8) is 0 Å². The number of thioether (sulfide) groups is 1. The lowest BCUT2D eigenvalue weighted by Gasteiger charge is -2.07. The van der Waals surface area contributed by atoms with Crippen LogP contribution in [0.2, 0.25) is 5.02 Å². The topological polar surface area (TPSA) is 72.2 Å². The lowest BCUT2D eigenvalue weighted by molar-refractivity contribution is 0.103. The van der Waals surface area contributed by atoms with E-state index < -0.39 is 0 Å². The fourth-order valence-electron chi connectivity index (χ4n) is 2.80. The number of halogens is 1. The van der Waals surface area contributed by atoms with Gasteiger partial charge in [-0.25, -0.2) is 4.98 Å². The first-order valence-electron chi connectivity index (χ1n) is 7.25. The minimum Gasteiger partial charge on any atom is -0.396 e. The van der Waals surface area contributed by atoms with E-state index in [0.29, 0.717) is 32.9 Å². The first-order chi connectivity index (χ1) is 11.6. The number of aliphatic hydroxyl groups is 1. The maximum Gasteiger partial charge on any atom is 0.266 e. The summed E-state index contributed by atoms with van der Waals surface area (Å²) in [5, 5.41) is 9.81. The maximum atomic E-state index is 12.8. The zero-order valence-corrected chi connectivity index (χ0v) is 13.9. The smallest absolute Gasteiger partial charge is 0.266 e. The number of rotatable bonds is 3. The van der Waals surface area contributed by atoms with E-state index in [1.54, 1.807) is 30.3 Å². The largest absolute Gasteiger partial charge is 0.396 e. The van der Waals surface area contributed by atoms with Crippen LogP contribution in [0.4, 0.5) is 0 Å². The Hall–Kier alpha value is -2.15. The fourth-order valence-corrected chi connectivity index (χ4v) is 3.66. The number of ketones is 1. The zero-order chi connectivity index (χ0) is 16.8. The molecule has 0 fully saturated rings. The third-order valence-corrected chi connectivity index (χ3v) is 5.06. The minimum absolute atomic E-state index is 0.0670. The SMILES string of the molecule is O=C1c2cc(Cl)ccc2-n2c1nc1cc(SCCO)ccc1c2=O. The van der Waals surface area contributed by atoms with Gasteiger partial charge in [0.05, 0.1) is 28.8 Å². The van der Waals surface area contributed by atoms with Crippen molar-refractivity contribution in [2.24, 2.45) is 0 Å². The quantitative estimate of drug-likeness (QED) is 0.570. The fraction of sp³-hybridized carbons (Fsp3) is 0.118. The molecule has 7 heteroatoms. The van der Waals surface area contributed by atoms with E-state index in [1.165, 1.54) is 16.3 Å². The molecule has 120 valence electrons. The summed E-state index contributed by atoms with van der Waals surface area (Å²) < 4.78 is 1.34. The standard InChI is InChI=1S/C17H11ClN2O3S/c18-9-1-4-14-12(7-9)15(22)16-19-13-8-10(24-6-5-21)2-3-11(13)17(23)20(14)16/h1-4,7-8,21H,5-6H2. The molecule has 5 nitrogen and oxygen atoms in total. The molecule has 0 saturated carbocycles. The van der Waals surface area contributed by atoms with Crippen molar-refractivity contribution < 1.29 is 9.90 Å². The van der Waals surface area contributed by atoms with Crippen molar-refractivity contribution >= 4 is 40.0 Å². The Balaban J connectivity index is 1.96. The average molecular weight is 359 g/mol. The van der Waals surface area contributed by atoms with Crippen molar-refractivity contribution in [2.45, 2.75) is 4.90 Å². The summed E-state index contributed by atoms with van der Waals surface area (Å²) >= 11 is 7.43. The molecule has 0 aliphatic carbocycles. The van der Waals surface area contributed by atoms with Gasteiger partial charge in [0.25, 0.3) is 5.56 Å². The Kier molecular flexibility index (Phi) is 3.68. The number of nitrogens with zero attached hydrogens (tertiary/aromatic N) is 2. The number of aliphatic hydroxyl groups excluding tert-OH is 1. The minimum atomic E-state index is -0.306. The Morgan fingerprint density at radius 1 is 1.17 bits per heavy atom. The predicted octanol–water partition coefficient (Wildman–Crippen LogP) is 2.67. The van der Waals surface area contributed by atoms with Gasteiger partial charge < -0.3 is 5.11 Å². The Morgan fingerprint density at radius 3 is 2.79 bits per heavy atom. The molecule has 0 radical (unpaired) electrons. The van der Waals surface area contributed by atoms with Gasteiger partial charge in [0, 0.05) is 15.7 Å². The molecule has 0 saturated heterocycles. The number of hydrogen-bond acceptors (Lipinski definition) is 5. The number of fused-ring (bicyclic) bond motifs is 4. The highest BCUT2D eigenvalue weighted by molar-refractivity contribution is 7.99. The van der Waals surface area contributed by atoms with Gasteiger partial charge in [-0.15, -0.1) is 11.8 Å². The summed E-state index contributed by atoms with van der Waals surface area (Å²) in [5.74, 6) is 0.354. The predicted molar refractivity (Wildman–Crippen MR) is 93.6 cm³/mol. The summed E-state index contributed by atoms with van der Waals surface area (Å²) in [5.41, 5.74) is 1.10. The van der Waals surface area contributed by atoms with Crippen LogP contribution in [0.5, 0.6) is 0 Å². The summed E-state index contributed by atoms with van der Waals surface area (Å²) in [4.78, 5) is 30.7. The van der Waals surface area contributed by atoms with Gasteiger partial charge in [-0.3, -0.25) is 14.2 Å². The van der Waals surface area contributed by atoms with Crippen LogP contribution in [0.25, 0.3) is 16.6 Å². The second-order valence-electron chi connectivity index (χ2n) is 5.32. The van der Waals surface area contributed by atoms with Crippen molar-refractivity contribution in [3.05, 3.63) is 63.2 Å². The van der Waals surface area contributed by atoms with Crippen molar-refractivity contribution in [1.82, 2.24) is 9.55 Å².